The number of ether oxygens (including phenoxy) is 1. The maximum Gasteiger partial charge on any atom is 0.430 e. The molecule has 0 aliphatic carbocycles. The van der Waals surface area contributed by atoms with Crippen molar-refractivity contribution < 1.29 is 27.8 Å². The topological polar surface area (TPSA) is 72.5 Å². The monoisotopic (exact) mass is 293 g/mol. The predicted octanol–water partition coefficient (Wildman–Crippen LogP) is 2.71. The number of carboxylic acids is 1. The summed E-state index contributed by atoms with van der Waals surface area (Å²) in [6.07, 6.45) is -6.55. The van der Waals surface area contributed by atoms with Gasteiger partial charge in [-0.3, -0.25) is 0 Å². The molecule has 0 aromatic heterocycles. The van der Waals surface area contributed by atoms with E-state index in [0.29, 0.717) is 0 Å². The predicted molar refractivity (Wildman–Crippen MR) is 61.9 cm³/mol. The average Bonchev–Trinajstić information content (AvgIpc) is 2.25. The Morgan fingerprint density at radius 3 is 2.58 bits per heavy atom. The highest BCUT2D eigenvalue weighted by atomic mass is 35.5. The number of nitrogens with two attached hydrogens (primary N) is 1. The minimum atomic E-state index is -4.85. The van der Waals surface area contributed by atoms with Crippen molar-refractivity contribution in [2.75, 3.05) is 5.73 Å². The van der Waals surface area contributed by atoms with Crippen molar-refractivity contribution in [1.82, 2.24) is 0 Å². The fraction of sp³-hybridized carbons (Fsp3) is 0.182. The second-order valence-corrected chi connectivity index (χ2v) is 4.29. The second kappa shape index (κ2) is 4.34. The van der Waals surface area contributed by atoms with E-state index in [4.69, 9.17) is 27.2 Å². The van der Waals surface area contributed by atoms with Crippen LogP contribution in [-0.2, 0) is 4.79 Å². The van der Waals surface area contributed by atoms with Crippen molar-refractivity contribution in [3.05, 3.63) is 28.3 Å². The van der Waals surface area contributed by atoms with E-state index in [2.05, 4.69) is 0 Å². The number of anilines is 1. The van der Waals surface area contributed by atoms with Crippen LogP contribution in [0.4, 0.5) is 18.9 Å². The van der Waals surface area contributed by atoms with E-state index in [1.165, 1.54) is 12.1 Å². The number of carbonyl (C=O) groups is 1. The Bertz CT molecular complexity index is 583. The van der Waals surface area contributed by atoms with Crippen molar-refractivity contribution in [3.63, 3.8) is 0 Å². The molecular formula is C11H7ClF3NO3. The molecule has 2 rings (SSSR count). The van der Waals surface area contributed by atoms with Gasteiger partial charge in [0.2, 0.25) is 6.10 Å². The third-order valence-electron chi connectivity index (χ3n) is 2.48. The van der Waals surface area contributed by atoms with Crippen molar-refractivity contribution in [3.8, 4) is 5.75 Å². The molecule has 1 aromatic rings. The summed E-state index contributed by atoms with van der Waals surface area (Å²) in [6.45, 7) is 0. The number of alkyl halides is 3. The zero-order chi connectivity index (χ0) is 14.4. The smallest absolute Gasteiger partial charge is 0.430 e. The molecular weight excluding hydrogens is 287 g/mol. The molecule has 1 unspecified atom stereocenters. The van der Waals surface area contributed by atoms with Gasteiger partial charge >= 0.3 is 12.1 Å². The summed E-state index contributed by atoms with van der Waals surface area (Å²) in [5.74, 6) is -1.94. The van der Waals surface area contributed by atoms with Crippen LogP contribution in [0.2, 0.25) is 5.02 Å². The standard InChI is InChI=1S/C11H7ClF3NO3/c12-5-1-4-2-6(10(17)18)9(11(13,14)15)19-8(4)7(16)3-5/h1-3,9H,16H2,(H,17,18). The molecule has 0 bridgehead atoms. The molecule has 3 N–H and O–H groups in total. The van der Waals surface area contributed by atoms with Gasteiger partial charge in [0.1, 0.15) is 0 Å². The molecule has 0 radical (unpaired) electrons. The number of benzene rings is 1. The van der Waals surface area contributed by atoms with Gasteiger partial charge in [0, 0.05) is 10.6 Å². The average molecular weight is 294 g/mol. The zero-order valence-corrected chi connectivity index (χ0v) is 9.92. The Morgan fingerprint density at radius 1 is 1.42 bits per heavy atom. The fourth-order valence-corrected chi connectivity index (χ4v) is 1.96. The van der Waals surface area contributed by atoms with Crippen LogP contribution in [0.25, 0.3) is 6.08 Å². The summed E-state index contributed by atoms with van der Waals surface area (Å²) in [4.78, 5) is 10.9. The number of hydrogen-bond acceptors (Lipinski definition) is 3. The van der Waals surface area contributed by atoms with E-state index in [-0.39, 0.29) is 22.0 Å². The Hall–Kier alpha value is -1.89. The Labute approximate surface area is 110 Å². The number of halogens is 4. The summed E-state index contributed by atoms with van der Waals surface area (Å²) >= 11 is 5.70. The molecule has 0 saturated heterocycles. The number of aliphatic carboxylic acids is 1. The van der Waals surface area contributed by atoms with Gasteiger partial charge in [-0.15, -0.1) is 0 Å². The summed E-state index contributed by atoms with van der Waals surface area (Å²) in [5, 5.41) is 9.00. The summed E-state index contributed by atoms with van der Waals surface area (Å²) in [7, 11) is 0. The van der Waals surface area contributed by atoms with E-state index in [9.17, 15) is 18.0 Å². The van der Waals surface area contributed by atoms with Crippen LogP contribution < -0.4 is 10.5 Å². The fourth-order valence-electron chi connectivity index (χ4n) is 1.72. The molecule has 0 fully saturated rings. The maximum atomic E-state index is 12.8. The van der Waals surface area contributed by atoms with E-state index in [1.54, 1.807) is 0 Å². The minimum Gasteiger partial charge on any atom is -0.478 e. The van der Waals surface area contributed by atoms with Crippen LogP contribution in [-0.4, -0.2) is 23.4 Å². The highest BCUT2D eigenvalue weighted by molar-refractivity contribution is 6.31. The van der Waals surface area contributed by atoms with Crippen LogP contribution in [0.3, 0.4) is 0 Å². The highest BCUT2D eigenvalue weighted by Crippen LogP contribution is 2.41. The number of hydrogen-bond donors (Lipinski definition) is 2. The van der Waals surface area contributed by atoms with Gasteiger partial charge in [-0.05, 0) is 18.2 Å². The lowest BCUT2D eigenvalue weighted by Gasteiger charge is -2.27. The molecule has 1 aromatic carbocycles. The third-order valence-corrected chi connectivity index (χ3v) is 2.70. The Morgan fingerprint density at radius 2 is 2.05 bits per heavy atom. The van der Waals surface area contributed by atoms with E-state index in [0.717, 1.165) is 6.08 Å². The molecule has 19 heavy (non-hydrogen) atoms. The molecule has 4 nitrogen and oxygen atoms in total. The number of fused-ring (bicyclic) bond motifs is 1. The van der Waals surface area contributed by atoms with Gasteiger partial charge in [-0.25, -0.2) is 4.79 Å². The van der Waals surface area contributed by atoms with Crippen LogP contribution in [0, 0.1) is 0 Å². The molecule has 1 atom stereocenters. The first kappa shape index (κ1) is 13.5. The lowest BCUT2D eigenvalue weighted by molar-refractivity contribution is -0.187. The molecule has 0 spiro atoms. The third kappa shape index (κ3) is 2.46. The first-order valence-electron chi connectivity index (χ1n) is 4.97. The van der Waals surface area contributed by atoms with Crippen molar-refractivity contribution >= 4 is 29.3 Å². The summed E-state index contributed by atoms with van der Waals surface area (Å²) in [6, 6.07) is 2.51. The van der Waals surface area contributed by atoms with Gasteiger partial charge in [-0.2, -0.15) is 13.2 Å². The number of rotatable bonds is 1. The normalized spacial score (nSPS) is 18.3. The van der Waals surface area contributed by atoms with Gasteiger partial charge in [0.05, 0.1) is 11.3 Å². The first-order valence-corrected chi connectivity index (χ1v) is 5.35. The molecule has 0 amide bonds. The SMILES string of the molecule is Nc1cc(Cl)cc2c1OC(C(F)(F)F)C(C(=O)O)=C2. The van der Waals surface area contributed by atoms with Crippen molar-refractivity contribution in [2.24, 2.45) is 0 Å². The number of carboxylic acid groups (broad SMARTS) is 1. The zero-order valence-electron chi connectivity index (χ0n) is 9.16. The highest BCUT2D eigenvalue weighted by Gasteiger charge is 2.48. The van der Waals surface area contributed by atoms with Crippen LogP contribution in [0.5, 0.6) is 5.75 Å². The quantitative estimate of drug-likeness (QED) is 0.781. The Kier molecular flexibility index (Phi) is 3.09. The number of nitrogen functional groups attached to an aromatic ring is 1. The Balaban J connectivity index is 2.61. The molecule has 0 saturated carbocycles. The van der Waals surface area contributed by atoms with Crippen molar-refractivity contribution in [2.45, 2.75) is 12.3 Å². The van der Waals surface area contributed by atoms with Crippen LogP contribution in [0.15, 0.2) is 17.7 Å². The van der Waals surface area contributed by atoms with E-state index in [1.807, 2.05) is 0 Å². The van der Waals surface area contributed by atoms with Gasteiger partial charge in [0.25, 0.3) is 0 Å². The van der Waals surface area contributed by atoms with Crippen LogP contribution >= 0.6 is 11.6 Å². The van der Waals surface area contributed by atoms with Gasteiger partial charge in [-0.1, -0.05) is 11.6 Å². The second-order valence-electron chi connectivity index (χ2n) is 3.86. The van der Waals surface area contributed by atoms with Gasteiger partial charge < -0.3 is 15.6 Å². The van der Waals surface area contributed by atoms with Crippen molar-refractivity contribution in [1.29, 1.82) is 0 Å². The van der Waals surface area contributed by atoms with Gasteiger partial charge in [0.15, 0.2) is 5.75 Å². The van der Waals surface area contributed by atoms with Crippen LogP contribution in [0.1, 0.15) is 5.56 Å². The molecule has 1 aliphatic rings. The lowest BCUT2D eigenvalue weighted by Crippen LogP contribution is -2.40. The molecule has 8 heteroatoms. The first-order chi connectivity index (χ1) is 8.70. The minimum absolute atomic E-state index is 0.0857. The molecule has 1 heterocycles. The molecule has 1 aliphatic heterocycles. The largest absolute Gasteiger partial charge is 0.478 e. The summed E-state index contributed by atoms with van der Waals surface area (Å²) < 4.78 is 43.0. The van der Waals surface area contributed by atoms with E-state index < -0.39 is 23.8 Å². The summed E-state index contributed by atoms with van der Waals surface area (Å²) in [5.41, 5.74) is 4.61. The lowest BCUT2D eigenvalue weighted by atomic mass is 10.0. The van der Waals surface area contributed by atoms with E-state index >= 15 is 0 Å². The maximum absolute atomic E-state index is 12.8. The molecule has 102 valence electrons.